The van der Waals surface area contributed by atoms with Crippen LogP contribution >= 0.6 is 0 Å². The minimum absolute atomic E-state index is 0.0223. The first kappa shape index (κ1) is 27.0. The molecule has 1 saturated carbocycles. The van der Waals surface area contributed by atoms with Gasteiger partial charge in [0.05, 0.1) is 6.61 Å². The third kappa shape index (κ3) is 14.8. The average Bonchev–Trinajstić information content (AvgIpc) is 3.55. The molecular formula is C26H49NO3. The summed E-state index contributed by atoms with van der Waals surface area (Å²) in [6.45, 7) is 6.88. The first-order valence-electron chi connectivity index (χ1n) is 13.0. The van der Waals surface area contributed by atoms with E-state index in [0.717, 1.165) is 25.7 Å². The van der Waals surface area contributed by atoms with Gasteiger partial charge in [-0.1, -0.05) is 104 Å². The summed E-state index contributed by atoms with van der Waals surface area (Å²) >= 11 is 0. The lowest BCUT2D eigenvalue weighted by atomic mass is 10.0. The van der Waals surface area contributed by atoms with Crippen molar-refractivity contribution in [3.05, 3.63) is 0 Å². The maximum atomic E-state index is 12.4. The van der Waals surface area contributed by atoms with E-state index >= 15 is 0 Å². The Morgan fingerprint density at radius 3 is 1.70 bits per heavy atom. The largest absolute Gasteiger partial charge is 0.464 e. The van der Waals surface area contributed by atoms with Crippen molar-refractivity contribution in [2.24, 2.45) is 11.8 Å². The molecule has 0 saturated heterocycles. The van der Waals surface area contributed by atoms with E-state index < -0.39 is 6.04 Å². The molecule has 0 aromatic carbocycles. The van der Waals surface area contributed by atoms with E-state index in [2.05, 4.69) is 26.1 Å². The van der Waals surface area contributed by atoms with Crippen molar-refractivity contribution >= 4 is 11.9 Å². The molecule has 0 aliphatic heterocycles. The van der Waals surface area contributed by atoms with Crippen LogP contribution in [0.25, 0.3) is 0 Å². The van der Waals surface area contributed by atoms with Crippen LogP contribution in [0.2, 0.25) is 0 Å². The summed E-state index contributed by atoms with van der Waals surface area (Å²) in [5.74, 6) is 0.239. The molecule has 0 heterocycles. The third-order valence-corrected chi connectivity index (χ3v) is 6.00. The molecule has 1 rings (SSSR count). The predicted molar refractivity (Wildman–Crippen MR) is 125 cm³/mol. The van der Waals surface area contributed by atoms with Crippen molar-refractivity contribution in [3.8, 4) is 0 Å². The van der Waals surface area contributed by atoms with Crippen LogP contribution in [0.1, 0.15) is 130 Å². The van der Waals surface area contributed by atoms with Crippen LogP contribution in [0.15, 0.2) is 0 Å². The Kier molecular flexibility index (Phi) is 15.8. The van der Waals surface area contributed by atoms with E-state index in [9.17, 15) is 9.59 Å². The monoisotopic (exact) mass is 423 g/mol. The van der Waals surface area contributed by atoms with Crippen LogP contribution in [-0.4, -0.2) is 24.5 Å². The highest BCUT2D eigenvalue weighted by molar-refractivity contribution is 5.86. The number of unbranched alkanes of at least 4 members (excludes halogenated alkanes) is 13. The quantitative estimate of drug-likeness (QED) is 0.170. The van der Waals surface area contributed by atoms with Crippen LogP contribution in [0.3, 0.4) is 0 Å². The van der Waals surface area contributed by atoms with Crippen LogP contribution < -0.4 is 5.32 Å². The van der Waals surface area contributed by atoms with Gasteiger partial charge in [-0.05, 0) is 31.6 Å². The van der Waals surface area contributed by atoms with Gasteiger partial charge < -0.3 is 10.1 Å². The number of carbonyl (C=O) groups excluding carboxylic acids is 2. The van der Waals surface area contributed by atoms with Gasteiger partial charge in [0.1, 0.15) is 6.04 Å². The van der Waals surface area contributed by atoms with Crippen molar-refractivity contribution in [2.75, 3.05) is 6.61 Å². The van der Waals surface area contributed by atoms with Gasteiger partial charge in [0, 0.05) is 5.92 Å². The molecular weight excluding hydrogens is 374 g/mol. The molecule has 0 aromatic rings. The maximum absolute atomic E-state index is 12.4. The molecule has 30 heavy (non-hydrogen) atoms. The minimum atomic E-state index is -0.482. The summed E-state index contributed by atoms with van der Waals surface area (Å²) < 4.78 is 5.46. The van der Waals surface area contributed by atoms with E-state index in [0.29, 0.717) is 18.9 Å². The molecule has 0 bridgehead atoms. The molecule has 1 unspecified atom stereocenters. The van der Waals surface area contributed by atoms with Gasteiger partial charge in [-0.3, -0.25) is 4.79 Å². The third-order valence-electron chi connectivity index (χ3n) is 6.00. The first-order valence-corrected chi connectivity index (χ1v) is 13.0. The number of hydrogen-bond donors (Lipinski definition) is 1. The van der Waals surface area contributed by atoms with E-state index in [1.165, 1.54) is 77.0 Å². The molecule has 4 nitrogen and oxygen atoms in total. The van der Waals surface area contributed by atoms with Crippen molar-refractivity contribution in [3.63, 3.8) is 0 Å². The fraction of sp³-hybridized carbons (Fsp3) is 0.923. The normalized spacial score (nSPS) is 14.7. The van der Waals surface area contributed by atoms with Crippen molar-refractivity contribution in [1.29, 1.82) is 0 Å². The van der Waals surface area contributed by atoms with Crippen molar-refractivity contribution < 1.29 is 14.3 Å². The molecule has 176 valence electrons. The molecule has 0 aromatic heterocycles. The smallest absolute Gasteiger partial charge is 0.328 e. The molecule has 1 N–H and O–H groups in total. The maximum Gasteiger partial charge on any atom is 0.328 e. The van der Waals surface area contributed by atoms with Crippen molar-refractivity contribution in [1.82, 2.24) is 5.32 Å². The SMILES string of the molecule is CCCCCCCCCCCCCCCCOC(=O)C(CC(C)C)NC(=O)C1CC1. The van der Waals surface area contributed by atoms with Gasteiger partial charge in [-0.25, -0.2) is 4.79 Å². The number of amides is 1. The second-order valence-electron chi connectivity index (χ2n) is 9.73. The Morgan fingerprint density at radius 2 is 1.27 bits per heavy atom. The van der Waals surface area contributed by atoms with Crippen LogP contribution in [-0.2, 0) is 14.3 Å². The van der Waals surface area contributed by atoms with E-state index in [4.69, 9.17) is 4.74 Å². The number of carbonyl (C=O) groups is 2. The number of rotatable bonds is 20. The van der Waals surface area contributed by atoms with E-state index in [1.54, 1.807) is 0 Å². The van der Waals surface area contributed by atoms with Crippen molar-refractivity contribution in [2.45, 2.75) is 136 Å². The summed E-state index contributed by atoms with van der Waals surface area (Å²) in [4.78, 5) is 24.3. The van der Waals surface area contributed by atoms with Crippen LogP contribution in [0, 0.1) is 11.8 Å². The zero-order valence-electron chi connectivity index (χ0n) is 20.2. The Bertz CT molecular complexity index is 446. The Morgan fingerprint density at radius 1 is 0.800 bits per heavy atom. The lowest BCUT2D eigenvalue weighted by Gasteiger charge is -2.19. The highest BCUT2D eigenvalue weighted by atomic mass is 16.5. The average molecular weight is 424 g/mol. The Labute approximate surface area is 186 Å². The van der Waals surface area contributed by atoms with Crippen LogP contribution in [0.4, 0.5) is 0 Å². The Balaban J connectivity index is 1.94. The summed E-state index contributed by atoms with van der Waals surface area (Å²) in [5.41, 5.74) is 0. The zero-order chi connectivity index (χ0) is 22.0. The number of hydrogen-bond acceptors (Lipinski definition) is 3. The second-order valence-corrected chi connectivity index (χ2v) is 9.73. The Hall–Kier alpha value is -1.06. The number of nitrogens with one attached hydrogen (secondary N) is 1. The molecule has 4 heteroatoms. The molecule has 0 spiro atoms. The van der Waals surface area contributed by atoms with Crippen LogP contribution in [0.5, 0.6) is 0 Å². The predicted octanol–water partition coefficient (Wildman–Crippen LogP) is 6.95. The van der Waals surface area contributed by atoms with E-state index in [1.807, 2.05) is 0 Å². The number of esters is 1. The lowest BCUT2D eigenvalue weighted by molar-refractivity contribution is -0.148. The standard InChI is InChI=1S/C26H49NO3/c1-4-5-6-7-8-9-10-11-12-13-14-15-16-17-20-30-26(29)24(21-22(2)3)27-25(28)23-18-19-23/h22-24H,4-21H2,1-3H3,(H,27,28). The summed E-state index contributed by atoms with van der Waals surface area (Å²) in [6, 6.07) is -0.482. The lowest BCUT2D eigenvalue weighted by Crippen LogP contribution is -2.43. The highest BCUT2D eigenvalue weighted by Gasteiger charge is 2.33. The minimum Gasteiger partial charge on any atom is -0.464 e. The number of ether oxygens (including phenoxy) is 1. The van der Waals surface area contributed by atoms with E-state index in [-0.39, 0.29) is 17.8 Å². The van der Waals surface area contributed by atoms with Gasteiger partial charge >= 0.3 is 5.97 Å². The summed E-state index contributed by atoms with van der Waals surface area (Å²) in [7, 11) is 0. The topological polar surface area (TPSA) is 55.4 Å². The van der Waals surface area contributed by atoms with Gasteiger partial charge in [0.2, 0.25) is 5.91 Å². The fourth-order valence-corrected chi connectivity index (χ4v) is 3.89. The fourth-order valence-electron chi connectivity index (χ4n) is 3.89. The summed E-state index contributed by atoms with van der Waals surface area (Å²) in [6.07, 6.45) is 21.0. The first-order chi connectivity index (χ1) is 14.5. The highest BCUT2D eigenvalue weighted by Crippen LogP contribution is 2.29. The summed E-state index contributed by atoms with van der Waals surface area (Å²) in [5, 5.41) is 2.90. The van der Waals surface area contributed by atoms with Gasteiger partial charge in [0.15, 0.2) is 0 Å². The zero-order valence-corrected chi connectivity index (χ0v) is 20.2. The molecule has 1 aliphatic rings. The van der Waals surface area contributed by atoms with Gasteiger partial charge in [-0.2, -0.15) is 0 Å². The molecule has 1 atom stereocenters. The molecule has 1 fully saturated rings. The van der Waals surface area contributed by atoms with Gasteiger partial charge in [0.25, 0.3) is 0 Å². The van der Waals surface area contributed by atoms with Gasteiger partial charge in [-0.15, -0.1) is 0 Å². The molecule has 1 aliphatic carbocycles. The second kappa shape index (κ2) is 17.6. The molecule has 1 amide bonds. The molecule has 0 radical (unpaired) electrons.